The number of fused-ring (bicyclic) bond motifs is 1. The highest BCUT2D eigenvalue weighted by Crippen LogP contribution is 2.38. The fourth-order valence-corrected chi connectivity index (χ4v) is 5.20. The summed E-state index contributed by atoms with van der Waals surface area (Å²) in [6.07, 6.45) is 5.73. The number of esters is 1. The maximum atomic E-state index is 15.2. The van der Waals surface area contributed by atoms with E-state index in [1.165, 1.54) is 11.6 Å². The number of nitrogens with zero attached hydrogens (tertiary/aromatic N) is 2. The monoisotopic (exact) mass is 573 g/mol. The lowest BCUT2D eigenvalue weighted by molar-refractivity contribution is -0.147. The van der Waals surface area contributed by atoms with E-state index in [0.29, 0.717) is 30.7 Å². The molecule has 0 aliphatic heterocycles. The number of primary amides is 1. The number of amides is 1. The van der Waals surface area contributed by atoms with E-state index < -0.39 is 35.7 Å². The Hall–Kier alpha value is -4.26. The molecule has 2 atom stereocenters. The number of carbonyl (C=O) groups is 4. The van der Waals surface area contributed by atoms with Crippen molar-refractivity contribution in [2.75, 3.05) is 11.9 Å². The van der Waals surface area contributed by atoms with Crippen LogP contribution in [0.4, 0.5) is 10.1 Å². The third kappa shape index (κ3) is 7.91. The SMILES string of the molecule is Cc1nn(-c2cc(F)c(C(N)=O)c(NC3CCCC3OC(=O)CN)c2)c2c1CCC(C)(C)C2.O=C(O)C=CC(=O)O. The molecule has 1 aromatic heterocycles. The van der Waals surface area contributed by atoms with E-state index >= 15 is 4.39 Å². The normalized spacial score (nSPS) is 19.1. The van der Waals surface area contributed by atoms with Gasteiger partial charge in [-0.2, -0.15) is 5.10 Å². The number of hydrogen-bond acceptors (Lipinski definition) is 8. The number of halogens is 1. The maximum absolute atomic E-state index is 15.2. The third-order valence-electron chi connectivity index (χ3n) is 7.17. The number of aliphatic carboxylic acids is 2. The second kappa shape index (κ2) is 12.9. The van der Waals surface area contributed by atoms with E-state index in [0.717, 1.165) is 37.1 Å². The van der Waals surface area contributed by atoms with Gasteiger partial charge in [0.15, 0.2) is 0 Å². The molecule has 0 bridgehead atoms. The molecule has 0 spiro atoms. The van der Waals surface area contributed by atoms with Gasteiger partial charge >= 0.3 is 17.9 Å². The summed E-state index contributed by atoms with van der Waals surface area (Å²) in [7, 11) is 0. The zero-order valence-corrected chi connectivity index (χ0v) is 23.3. The van der Waals surface area contributed by atoms with Gasteiger partial charge in [0.2, 0.25) is 0 Å². The average Bonchev–Trinajstić information content (AvgIpc) is 3.44. The molecular weight excluding hydrogens is 537 g/mol. The van der Waals surface area contributed by atoms with Crippen LogP contribution in [0.3, 0.4) is 0 Å². The Balaban J connectivity index is 0.000000507. The lowest BCUT2D eigenvalue weighted by Crippen LogP contribution is -2.35. The van der Waals surface area contributed by atoms with E-state index in [2.05, 4.69) is 19.2 Å². The molecular formula is C28H36FN5O7. The van der Waals surface area contributed by atoms with E-state index in [-0.39, 0.29) is 29.3 Å². The summed E-state index contributed by atoms with van der Waals surface area (Å²) in [4.78, 5) is 42.9. The van der Waals surface area contributed by atoms with Crippen molar-refractivity contribution in [2.24, 2.45) is 16.9 Å². The van der Waals surface area contributed by atoms with Crippen molar-refractivity contribution in [1.29, 1.82) is 0 Å². The number of ether oxygens (including phenoxy) is 1. The lowest BCUT2D eigenvalue weighted by Gasteiger charge is -2.30. The second-order valence-corrected chi connectivity index (χ2v) is 10.9. The summed E-state index contributed by atoms with van der Waals surface area (Å²) >= 11 is 0. The Bertz CT molecular complexity index is 1350. The van der Waals surface area contributed by atoms with Crippen LogP contribution in [0.5, 0.6) is 0 Å². The van der Waals surface area contributed by atoms with Crippen molar-refractivity contribution >= 4 is 29.5 Å². The molecule has 2 aromatic rings. The summed E-state index contributed by atoms with van der Waals surface area (Å²) in [5.41, 5.74) is 14.8. The summed E-state index contributed by atoms with van der Waals surface area (Å²) in [5.74, 6) is -4.59. The first-order chi connectivity index (χ1) is 19.2. The molecule has 2 unspecified atom stereocenters. The van der Waals surface area contributed by atoms with Gasteiger partial charge in [-0.05, 0) is 62.5 Å². The molecule has 1 heterocycles. The van der Waals surface area contributed by atoms with Gasteiger partial charge in [-0.1, -0.05) is 13.8 Å². The summed E-state index contributed by atoms with van der Waals surface area (Å²) in [6.45, 7) is 6.19. The third-order valence-corrected chi connectivity index (χ3v) is 7.17. The standard InChI is InChI=1S/C24H32FN5O3.C4H4O4/c1-13-15-7-8-24(2,3)11-19(15)30(29-13)14-9-16(25)22(23(27)32)18(10-14)28-17-5-4-6-20(17)33-21(31)12-26;5-3(6)1-2-4(7)8/h9-10,17,20,28H,4-8,11-12,26H2,1-3H3,(H2,27,32);1-2H,(H,5,6)(H,7,8). The molecule has 1 fully saturated rings. The van der Waals surface area contributed by atoms with Gasteiger partial charge in [-0.25, -0.2) is 18.7 Å². The van der Waals surface area contributed by atoms with Gasteiger partial charge in [-0.3, -0.25) is 9.59 Å². The second-order valence-electron chi connectivity index (χ2n) is 10.9. The van der Waals surface area contributed by atoms with Gasteiger partial charge in [0.05, 0.1) is 35.2 Å². The number of hydrogen-bond donors (Lipinski definition) is 5. The number of carboxylic acids is 2. The average molecular weight is 574 g/mol. The Kier molecular flexibility index (Phi) is 9.87. The fourth-order valence-electron chi connectivity index (χ4n) is 5.20. The van der Waals surface area contributed by atoms with Gasteiger partial charge in [0.1, 0.15) is 11.9 Å². The van der Waals surface area contributed by atoms with Gasteiger partial charge in [0, 0.05) is 23.9 Å². The van der Waals surface area contributed by atoms with Crippen LogP contribution in [-0.2, 0) is 32.0 Å². The molecule has 41 heavy (non-hydrogen) atoms. The highest BCUT2D eigenvalue weighted by Gasteiger charge is 2.33. The molecule has 1 amide bonds. The highest BCUT2D eigenvalue weighted by atomic mass is 19.1. The molecule has 2 aliphatic rings. The summed E-state index contributed by atoms with van der Waals surface area (Å²) in [5, 5.41) is 23.6. The molecule has 7 N–H and O–H groups in total. The smallest absolute Gasteiger partial charge is 0.328 e. The van der Waals surface area contributed by atoms with Crippen LogP contribution in [-0.4, -0.2) is 62.5 Å². The topological polar surface area (TPSA) is 200 Å². The van der Waals surface area contributed by atoms with Crippen LogP contribution in [0, 0.1) is 18.2 Å². The number of nitrogens with one attached hydrogen (secondary N) is 1. The van der Waals surface area contributed by atoms with Crippen molar-refractivity contribution in [1.82, 2.24) is 9.78 Å². The minimum Gasteiger partial charge on any atom is -0.478 e. The van der Waals surface area contributed by atoms with Crippen molar-refractivity contribution in [3.8, 4) is 5.69 Å². The van der Waals surface area contributed by atoms with Crippen LogP contribution < -0.4 is 16.8 Å². The number of aryl methyl sites for hydroxylation is 1. The molecule has 0 saturated heterocycles. The van der Waals surface area contributed by atoms with E-state index in [1.807, 2.05) is 6.92 Å². The van der Waals surface area contributed by atoms with Gasteiger partial charge in [0.25, 0.3) is 5.91 Å². The first kappa shape index (κ1) is 31.3. The number of carboxylic acid groups (broad SMARTS) is 2. The molecule has 222 valence electrons. The highest BCUT2D eigenvalue weighted by molar-refractivity contribution is 5.99. The molecule has 1 aromatic carbocycles. The van der Waals surface area contributed by atoms with Gasteiger partial charge < -0.3 is 31.7 Å². The van der Waals surface area contributed by atoms with Crippen molar-refractivity contribution in [3.63, 3.8) is 0 Å². The Morgan fingerprint density at radius 2 is 1.85 bits per heavy atom. The van der Waals surface area contributed by atoms with Crippen LogP contribution in [0.15, 0.2) is 24.3 Å². The zero-order chi connectivity index (χ0) is 30.5. The lowest BCUT2D eigenvalue weighted by atomic mass is 9.76. The zero-order valence-electron chi connectivity index (χ0n) is 23.3. The number of carbonyl (C=O) groups excluding carboxylic acids is 2. The molecule has 13 heteroatoms. The Labute approximate surface area is 236 Å². The number of anilines is 1. The van der Waals surface area contributed by atoms with Crippen LogP contribution >= 0.6 is 0 Å². The van der Waals surface area contributed by atoms with Gasteiger partial charge in [-0.15, -0.1) is 0 Å². The number of benzene rings is 1. The van der Waals surface area contributed by atoms with E-state index in [9.17, 15) is 19.2 Å². The molecule has 2 aliphatic carbocycles. The molecule has 0 radical (unpaired) electrons. The van der Waals surface area contributed by atoms with Crippen molar-refractivity contribution < 1.29 is 38.5 Å². The summed E-state index contributed by atoms with van der Waals surface area (Å²) < 4.78 is 22.4. The van der Waals surface area contributed by atoms with E-state index in [1.54, 1.807) is 10.7 Å². The minimum absolute atomic E-state index is 0.119. The van der Waals surface area contributed by atoms with Crippen LogP contribution in [0.1, 0.15) is 66.8 Å². The number of aromatic nitrogens is 2. The van der Waals surface area contributed by atoms with Crippen LogP contribution in [0.2, 0.25) is 0 Å². The Morgan fingerprint density at radius 1 is 1.20 bits per heavy atom. The Morgan fingerprint density at radius 3 is 2.44 bits per heavy atom. The van der Waals surface area contributed by atoms with E-state index in [4.69, 9.17) is 31.5 Å². The predicted molar refractivity (Wildman–Crippen MR) is 147 cm³/mol. The quantitative estimate of drug-likeness (QED) is 0.231. The summed E-state index contributed by atoms with van der Waals surface area (Å²) in [6, 6.07) is 2.73. The van der Waals surface area contributed by atoms with Crippen LogP contribution in [0.25, 0.3) is 5.69 Å². The van der Waals surface area contributed by atoms with Crippen molar-refractivity contribution in [3.05, 3.63) is 52.6 Å². The minimum atomic E-state index is -1.26. The number of rotatable bonds is 8. The first-order valence-corrected chi connectivity index (χ1v) is 13.2. The molecule has 1 saturated carbocycles. The largest absolute Gasteiger partial charge is 0.478 e. The molecule has 4 rings (SSSR count). The maximum Gasteiger partial charge on any atom is 0.328 e. The fraction of sp³-hybridized carbons (Fsp3) is 0.464. The molecule has 12 nitrogen and oxygen atoms in total. The predicted octanol–water partition coefficient (Wildman–Crippen LogP) is 2.48. The number of nitrogens with two attached hydrogens (primary N) is 2. The first-order valence-electron chi connectivity index (χ1n) is 13.2. The van der Waals surface area contributed by atoms with Crippen molar-refractivity contribution in [2.45, 2.75) is 71.4 Å².